The molecule has 0 atom stereocenters. The van der Waals surface area contributed by atoms with E-state index in [1.54, 1.807) is 34.1 Å². The number of urea groups is 1. The number of amides is 3. The SMILES string of the molecule is O=C(CN1CCN(c2ccc(F)cc2)C1=O)N1CCN(c2ccc(F)cc2)CC1. The van der Waals surface area contributed by atoms with E-state index >= 15 is 0 Å². The molecule has 2 saturated heterocycles. The van der Waals surface area contributed by atoms with Crippen LogP contribution in [0.1, 0.15) is 0 Å². The summed E-state index contributed by atoms with van der Waals surface area (Å²) < 4.78 is 26.2. The van der Waals surface area contributed by atoms with Crippen LogP contribution in [0.4, 0.5) is 25.0 Å². The molecule has 2 heterocycles. The lowest BCUT2D eigenvalue weighted by molar-refractivity contribution is -0.131. The molecule has 2 aromatic rings. The molecule has 2 fully saturated rings. The molecule has 0 saturated carbocycles. The van der Waals surface area contributed by atoms with Gasteiger partial charge in [-0.25, -0.2) is 13.6 Å². The maximum Gasteiger partial charge on any atom is 0.325 e. The van der Waals surface area contributed by atoms with Crippen LogP contribution in [0, 0.1) is 11.6 Å². The summed E-state index contributed by atoms with van der Waals surface area (Å²) in [6.45, 7) is 3.39. The standard InChI is InChI=1S/C21H22F2N4O2/c22-16-1-5-18(6-2-16)24-9-11-25(12-10-24)20(28)15-26-13-14-27(21(26)29)19-7-3-17(23)4-8-19/h1-8H,9-15H2. The Labute approximate surface area is 167 Å². The van der Waals surface area contributed by atoms with Crippen LogP contribution in [0.5, 0.6) is 0 Å². The molecule has 0 bridgehead atoms. The Hall–Kier alpha value is -3.16. The zero-order valence-electron chi connectivity index (χ0n) is 15.9. The average molecular weight is 400 g/mol. The molecule has 3 amide bonds. The average Bonchev–Trinajstić information content (AvgIpc) is 3.09. The van der Waals surface area contributed by atoms with Gasteiger partial charge in [0.1, 0.15) is 18.2 Å². The van der Waals surface area contributed by atoms with Crippen LogP contribution in [0.15, 0.2) is 48.5 Å². The third-order valence-corrected chi connectivity index (χ3v) is 5.38. The van der Waals surface area contributed by atoms with Gasteiger partial charge in [-0.3, -0.25) is 9.69 Å². The zero-order valence-corrected chi connectivity index (χ0v) is 15.9. The first-order valence-electron chi connectivity index (χ1n) is 9.61. The number of carbonyl (C=O) groups is 2. The molecule has 152 valence electrons. The summed E-state index contributed by atoms with van der Waals surface area (Å²) in [5, 5.41) is 0. The minimum absolute atomic E-state index is 0.0348. The van der Waals surface area contributed by atoms with E-state index < -0.39 is 0 Å². The summed E-state index contributed by atoms with van der Waals surface area (Å²) >= 11 is 0. The van der Waals surface area contributed by atoms with Crippen molar-refractivity contribution in [3.63, 3.8) is 0 Å². The molecule has 0 radical (unpaired) electrons. The van der Waals surface area contributed by atoms with Crippen LogP contribution in [0.25, 0.3) is 0 Å². The molecule has 2 aliphatic heterocycles. The topological polar surface area (TPSA) is 47.1 Å². The summed E-state index contributed by atoms with van der Waals surface area (Å²) in [5.74, 6) is -0.710. The lowest BCUT2D eigenvalue weighted by Crippen LogP contribution is -2.51. The Morgan fingerprint density at radius 3 is 1.90 bits per heavy atom. The molecule has 29 heavy (non-hydrogen) atoms. The molecular weight excluding hydrogens is 378 g/mol. The predicted molar refractivity (Wildman–Crippen MR) is 106 cm³/mol. The van der Waals surface area contributed by atoms with Crippen molar-refractivity contribution in [2.75, 3.05) is 55.6 Å². The van der Waals surface area contributed by atoms with Gasteiger partial charge in [0.2, 0.25) is 5.91 Å². The van der Waals surface area contributed by atoms with Gasteiger partial charge in [-0.2, -0.15) is 0 Å². The number of halogens is 2. The van der Waals surface area contributed by atoms with Crippen molar-refractivity contribution in [1.82, 2.24) is 9.80 Å². The number of piperazine rings is 1. The van der Waals surface area contributed by atoms with Gasteiger partial charge in [0, 0.05) is 50.6 Å². The molecule has 2 aromatic carbocycles. The molecule has 0 unspecified atom stereocenters. The van der Waals surface area contributed by atoms with Crippen LogP contribution in [0.2, 0.25) is 0 Å². The van der Waals surface area contributed by atoms with Gasteiger partial charge in [0.05, 0.1) is 0 Å². The van der Waals surface area contributed by atoms with E-state index in [9.17, 15) is 18.4 Å². The Kier molecular flexibility index (Phi) is 5.33. The zero-order chi connectivity index (χ0) is 20.4. The van der Waals surface area contributed by atoms with Crippen LogP contribution in [-0.2, 0) is 4.79 Å². The number of carbonyl (C=O) groups excluding carboxylic acids is 2. The molecular formula is C21H22F2N4O2. The number of hydrogen-bond acceptors (Lipinski definition) is 3. The van der Waals surface area contributed by atoms with Gasteiger partial charge in [-0.1, -0.05) is 0 Å². The summed E-state index contributed by atoms with van der Waals surface area (Å²) in [7, 11) is 0. The van der Waals surface area contributed by atoms with Crippen molar-refractivity contribution >= 4 is 23.3 Å². The number of nitrogens with zero attached hydrogens (tertiary/aromatic N) is 4. The van der Waals surface area contributed by atoms with E-state index in [4.69, 9.17) is 0 Å². The van der Waals surface area contributed by atoms with Crippen molar-refractivity contribution in [3.8, 4) is 0 Å². The first-order chi connectivity index (χ1) is 14.0. The maximum atomic E-state index is 13.1. The van der Waals surface area contributed by atoms with Gasteiger partial charge < -0.3 is 14.7 Å². The second-order valence-corrected chi connectivity index (χ2v) is 7.18. The smallest absolute Gasteiger partial charge is 0.325 e. The molecule has 0 aliphatic carbocycles. The van der Waals surface area contributed by atoms with Crippen molar-refractivity contribution < 1.29 is 18.4 Å². The number of benzene rings is 2. The lowest BCUT2D eigenvalue weighted by atomic mass is 10.2. The minimum Gasteiger partial charge on any atom is -0.368 e. The van der Waals surface area contributed by atoms with Crippen LogP contribution >= 0.6 is 0 Å². The van der Waals surface area contributed by atoms with E-state index in [0.717, 1.165) is 5.69 Å². The van der Waals surface area contributed by atoms with E-state index in [1.807, 2.05) is 0 Å². The first kappa shape index (κ1) is 19.2. The molecule has 8 heteroatoms. The monoisotopic (exact) mass is 400 g/mol. The normalized spacial score (nSPS) is 17.2. The number of anilines is 2. The highest BCUT2D eigenvalue weighted by Gasteiger charge is 2.32. The van der Waals surface area contributed by atoms with Gasteiger partial charge in [-0.15, -0.1) is 0 Å². The van der Waals surface area contributed by atoms with Crippen LogP contribution in [0.3, 0.4) is 0 Å². The third kappa shape index (κ3) is 4.16. The highest BCUT2D eigenvalue weighted by molar-refractivity contribution is 5.96. The molecule has 0 aromatic heterocycles. The molecule has 0 spiro atoms. The Morgan fingerprint density at radius 1 is 0.759 bits per heavy atom. The summed E-state index contributed by atoms with van der Waals surface area (Å²) in [5.41, 5.74) is 1.56. The Balaban J connectivity index is 1.30. The van der Waals surface area contributed by atoms with Gasteiger partial charge >= 0.3 is 6.03 Å². The summed E-state index contributed by atoms with van der Waals surface area (Å²) in [4.78, 5) is 32.2. The van der Waals surface area contributed by atoms with Gasteiger partial charge in [-0.05, 0) is 48.5 Å². The summed E-state index contributed by atoms with van der Waals surface area (Å²) in [6, 6.07) is 11.8. The second kappa shape index (κ2) is 8.06. The number of rotatable bonds is 4. The van der Waals surface area contributed by atoms with Crippen molar-refractivity contribution in [2.45, 2.75) is 0 Å². The Bertz CT molecular complexity index is 881. The molecule has 2 aliphatic rings. The third-order valence-electron chi connectivity index (χ3n) is 5.38. The van der Waals surface area contributed by atoms with Gasteiger partial charge in [0.25, 0.3) is 0 Å². The fraction of sp³-hybridized carbons (Fsp3) is 0.333. The van der Waals surface area contributed by atoms with Crippen LogP contribution in [-0.4, -0.2) is 67.6 Å². The number of hydrogen-bond donors (Lipinski definition) is 0. The quantitative estimate of drug-likeness (QED) is 0.793. The van der Waals surface area contributed by atoms with Gasteiger partial charge in [0.15, 0.2) is 0 Å². The van der Waals surface area contributed by atoms with Crippen molar-refractivity contribution in [3.05, 3.63) is 60.2 Å². The summed E-state index contributed by atoms with van der Waals surface area (Å²) in [6.07, 6.45) is 0. The van der Waals surface area contributed by atoms with E-state index in [2.05, 4.69) is 4.90 Å². The molecule has 6 nitrogen and oxygen atoms in total. The van der Waals surface area contributed by atoms with E-state index in [0.29, 0.717) is 45.0 Å². The van der Waals surface area contributed by atoms with Crippen molar-refractivity contribution in [1.29, 1.82) is 0 Å². The lowest BCUT2D eigenvalue weighted by Gasteiger charge is -2.36. The fourth-order valence-electron chi connectivity index (χ4n) is 3.72. The van der Waals surface area contributed by atoms with E-state index in [1.165, 1.54) is 29.2 Å². The van der Waals surface area contributed by atoms with E-state index in [-0.39, 0.29) is 30.1 Å². The highest BCUT2D eigenvalue weighted by Crippen LogP contribution is 2.21. The molecule has 4 rings (SSSR count). The fourth-order valence-corrected chi connectivity index (χ4v) is 3.72. The predicted octanol–water partition coefficient (Wildman–Crippen LogP) is 2.56. The Morgan fingerprint density at radius 2 is 1.31 bits per heavy atom. The first-order valence-corrected chi connectivity index (χ1v) is 9.61. The minimum atomic E-state index is -0.354. The van der Waals surface area contributed by atoms with Crippen LogP contribution < -0.4 is 9.80 Å². The largest absolute Gasteiger partial charge is 0.368 e. The van der Waals surface area contributed by atoms with Crippen molar-refractivity contribution in [2.24, 2.45) is 0 Å². The maximum absolute atomic E-state index is 13.1. The highest BCUT2D eigenvalue weighted by atomic mass is 19.1. The molecule has 0 N–H and O–H groups in total. The second-order valence-electron chi connectivity index (χ2n) is 7.18.